The second kappa shape index (κ2) is 12.7. The quantitative estimate of drug-likeness (QED) is 0.282. The van der Waals surface area contributed by atoms with Gasteiger partial charge in [0.1, 0.15) is 17.3 Å². The van der Waals surface area contributed by atoms with Gasteiger partial charge >= 0.3 is 0 Å². The molecule has 0 spiro atoms. The highest BCUT2D eigenvalue weighted by molar-refractivity contribution is 14.0. The van der Waals surface area contributed by atoms with Crippen molar-refractivity contribution < 1.29 is 23.0 Å². The van der Waals surface area contributed by atoms with Crippen molar-refractivity contribution in [1.82, 2.24) is 10.6 Å². The lowest BCUT2D eigenvalue weighted by molar-refractivity contribution is 0.322. The van der Waals surface area contributed by atoms with Gasteiger partial charge in [-0.1, -0.05) is 6.07 Å². The molecule has 10 heteroatoms. The molecule has 3 rings (SSSR count). The Morgan fingerprint density at radius 2 is 1.76 bits per heavy atom. The molecule has 7 nitrogen and oxygen atoms in total. The summed E-state index contributed by atoms with van der Waals surface area (Å²) in [6, 6.07) is 7.62. The number of guanidine groups is 1. The van der Waals surface area contributed by atoms with Gasteiger partial charge in [0.05, 0.1) is 27.9 Å². The van der Waals surface area contributed by atoms with E-state index in [9.17, 15) is 8.78 Å². The third kappa shape index (κ3) is 6.30. The number of rotatable bonds is 8. The van der Waals surface area contributed by atoms with Gasteiger partial charge in [-0.3, -0.25) is 0 Å². The summed E-state index contributed by atoms with van der Waals surface area (Å²) in [5.41, 5.74) is 0.859. The maximum absolute atomic E-state index is 14.1. The third-order valence-electron chi connectivity index (χ3n) is 5.32. The Balaban J connectivity index is 0.00000385. The number of anilines is 1. The first-order valence-corrected chi connectivity index (χ1v) is 10.5. The fourth-order valence-corrected chi connectivity index (χ4v) is 3.84. The van der Waals surface area contributed by atoms with E-state index in [0.717, 1.165) is 12.0 Å². The van der Waals surface area contributed by atoms with Crippen LogP contribution in [0.3, 0.4) is 0 Å². The maximum Gasteiger partial charge on any atom is 0.203 e. The van der Waals surface area contributed by atoms with E-state index in [1.807, 2.05) is 19.1 Å². The summed E-state index contributed by atoms with van der Waals surface area (Å²) < 4.78 is 44.6. The molecule has 1 aliphatic rings. The molecule has 1 atom stereocenters. The van der Waals surface area contributed by atoms with Gasteiger partial charge in [-0.2, -0.15) is 0 Å². The second-order valence-corrected chi connectivity index (χ2v) is 7.33. The molecule has 1 unspecified atom stereocenters. The monoisotopic (exact) mass is 576 g/mol. The van der Waals surface area contributed by atoms with Gasteiger partial charge in [0.15, 0.2) is 17.5 Å². The van der Waals surface area contributed by atoms with Crippen molar-refractivity contribution in [3.63, 3.8) is 0 Å². The predicted molar refractivity (Wildman–Crippen MR) is 136 cm³/mol. The van der Waals surface area contributed by atoms with Crippen LogP contribution in [0.1, 0.15) is 18.9 Å². The van der Waals surface area contributed by atoms with Gasteiger partial charge in [-0.05, 0) is 37.6 Å². The molecule has 0 aliphatic carbocycles. The minimum Gasteiger partial charge on any atom is -0.493 e. The molecule has 0 bridgehead atoms. The summed E-state index contributed by atoms with van der Waals surface area (Å²) >= 11 is 0. The maximum atomic E-state index is 14.1. The van der Waals surface area contributed by atoms with E-state index >= 15 is 0 Å². The summed E-state index contributed by atoms with van der Waals surface area (Å²) in [6.07, 6.45) is 0.734. The van der Waals surface area contributed by atoms with Crippen molar-refractivity contribution in [2.75, 3.05) is 45.9 Å². The van der Waals surface area contributed by atoms with Gasteiger partial charge in [0.25, 0.3) is 0 Å². The fourth-order valence-electron chi connectivity index (χ4n) is 3.84. The van der Waals surface area contributed by atoms with E-state index in [1.165, 1.54) is 18.2 Å². The highest BCUT2D eigenvalue weighted by atomic mass is 127. The zero-order valence-electron chi connectivity index (χ0n) is 19.3. The summed E-state index contributed by atoms with van der Waals surface area (Å²) in [5.74, 6) is 1.17. The Morgan fingerprint density at radius 3 is 2.36 bits per heavy atom. The molecule has 33 heavy (non-hydrogen) atoms. The number of halogens is 3. The molecule has 2 N–H and O–H groups in total. The van der Waals surface area contributed by atoms with Crippen LogP contribution in [-0.4, -0.2) is 53.0 Å². The molecule has 0 radical (unpaired) electrons. The van der Waals surface area contributed by atoms with Crippen molar-refractivity contribution in [1.29, 1.82) is 0 Å². The zero-order valence-corrected chi connectivity index (χ0v) is 21.6. The number of ether oxygens (including phenoxy) is 3. The Bertz CT molecular complexity index is 941. The minimum absolute atomic E-state index is 0. The van der Waals surface area contributed by atoms with Crippen LogP contribution in [0.15, 0.2) is 35.3 Å². The number of hydrogen-bond acceptors (Lipinski definition) is 5. The Kier molecular flexibility index (Phi) is 10.3. The molecule has 1 heterocycles. The first kappa shape index (κ1) is 26.7. The van der Waals surface area contributed by atoms with Gasteiger partial charge in [-0.15, -0.1) is 24.0 Å². The van der Waals surface area contributed by atoms with Crippen molar-refractivity contribution in [2.45, 2.75) is 25.9 Å². The lowest BCUT2D eigenvalue weighted by Gasteiger charge is -2.21. The van der Waals surface area contributed by atoms with Crippen molar-refractivity contribution >= 4 is 35.6 Å². The predicted octanol–water partition coefficient (Wildman–Crippen LogP) is 3.94. The molecule has 0 saturated carbocycles. The Hall–Kier alpha value is -2.50. The van der Waals surface area contributed by atoms with Crippen molar-refractivity contribution in [3.05, 3.63) is 47.5 Å². The van der Waals surface area contributed by atoms with Crippen molar-refractivity contribution in [2.24, 2.45) is 4.99 Å². The molecule has 2 aromatic rings. The second-order valence-electron chi connectivity index (χ2n) is 7.33. The SMILES string of the molecule is CCNC(=NCc1ccc(OC)c(OC)c1OC)NC1CCN(c2c(F)cccc2F)C1.I. The van der Waals surface area contributed by atoms with Crippen molar-refractivity contribution in [3.8, 4) is 17.2 Å². The molecular weight excluding hydrogens is 545 g/mol. The normalized spacial score (nSPS) is 15.6. The molecular formula is C23H31F2IN4O3. The molecule has 1 saturated heterocycles. The first-order valence-electron chi connectivity index (χ1n) is 10.5. The number of hydrogen-bond donors (Lipinski definition) is 2. The van der Waals surface area contributed by atoms with E-state index in [4.69, 9.17) is 14.2 Å². The van der Waals surface area contributed by atoms with Gasteiger partial charge in [0.2, 0.25) is 5.75 Å². The number of nitrogens with zero attached hydrogens (tertiary/aromatic N) is 2. The number of aliphatic imine (C=N–C) groups is 1. The van der Waals surface area contributed by atoms with Crippen LogP contribution >= 0.6 is 24.0 Å². The number of methoxy groups -OCH3 is 3. The molecule has 0 amide bonds. The Morgan fingerprint density at radius 1 is 1.06 bits per heavy atom. The van der Waals surface area contributed by atoms with E-state index in [1.54, 1.807) is 26.2 Å². The average molecular weight is 576 g/mol. The van der Waals surface area contributed by atoms with Crippen LogP contribution in [0.25, 0.3) is 0 Å². The van der Waals surface area contributed by atoms with E-state index in [2.05, 4.69) is 15.6 Å². The van der Waals surface area contributed by atoms with Gasteiger partial charge < -0.3 is 29.7 Å². The lowest BCUT2D eigenvalue weighted by atomic mass is 10.1. The van der Waals surface area contributed by atoms with E-state index in [0.29, 0.717) is 49.4 Å². The molecule has 1 fully saturated rings. The minimum atomic E-state index is -0.549. The zero-order chi connectivity index (χ0) is 23.1. The van der Waals surface area contributed by atoms with Crippen LogP contribution in [0.5, 0.6) is 17.2 Å². The van der Waals surface area contributed by atoms with Crippen LogP contribution in [0, 0.1) is 11.6 Å². The summed E-state index contributed by atoms with van der Waals surface area (Å²) in [5, 5.41) is 6.59. The molecule has 1 aliphatic heterocycles. The van der Waals surface area contributed by atoms with E-state index < -0.39 is 11.6 Å². The summed E-state index contributed by atoms with van der Waals surface area (Å²) in [6.45, 7) is 4.02. The molecule has 2 aromatic carbocycles. The van der Waals surface area contributed by atoms with Gasteiger partial charge in [-0.25, -0.2) is 13.8 Å². The largest absolute Gasteiger partial charge is 0.493 e. The number of nitrogens with one attached hydrogen (secondary N) is 2. The average Bonchev–Trinajstić information content (AvgIpc) is 3.24. The fraction of sp³-hybridized carbons (Fsp3) is 0.435. The highest BCUT2D eigenvalue weighted by Crippen LogP contribution is 2.40. The standard InChI is InChI=1S/C23H30F2N4O3.HI/c1-5-26-23(27-13-15-9-10-19(30-2)22(32-4)21(15)31-3)28-16-11-12-29(14-16)20-17(24)7-6-8-18(20)25;/h6-10,16H,5,11-14H2,1-4H3,(H2,26,27,28);1H. The molecule has 182 valence electrons. The third-order valence-corrected chi connectivity index (χ3v) is 5.32. The Labute approximate surface area is 210 Å². The number of benzene rings is 2. The van der Waals surface area contributed by atoms with Crippen LogP contribution in [-0.2, 0) is 6.54 Å². The summed E-state index contributed by atoms with van der Waals surface area (Å²) in [4.78, 5) is 6.40. The number of para-hydroxylation sites is 1. The smallest absolute Gasteiger partial charge is 0.203 e. The van der Waals surface area contributed by atoms with Crippen LogP contribution in [0.4, 0.5) is 14.5 Å². The molecule has 0 aromatic heterocycles. The van der Waals surface area contributed by atoms with Crippen LogP contribution in [0.2, 0.25) is 0 Å². The first-order chi connectivity index (χ1) is 15.5. The highest BCUT2D eigenvalue weighted by Gasteiger charge is 2.27. The lowest BCUT2D eigenvalue weighted by Crippen LogP contribution is -2.44. The van der Waals surface area contributed by atoms with Crippen LogP contribution < -0.4 is 29.7 Å². The summed E-state index contributed by atoms with van der Waals surface area (Å²) in [7, 11) is 4.70. The topological polar surface area (TPSA) is 67.4 Å². The van der Waals surface area contributed by atoms with E-state index in [-0.39, 0.29) is 35.7 Å². The van der Waals surface area contributed by atoms with Gasteiger partial charge in [0, 0.05) is 31.2 Å².